The highest BCUT2D eigenvalue weighted by molar-refractivity contribution is 7.85. The largest absolute Gasteiger partial charge is 0.299 e. The van der Waals surface area contributed by atoms with Crippen LogP contribution in [0.2, 0.25) is 0 Å². The molecule has 0 bridgehead atoms. The van der Waals surface area contributed by atoms with Crippen LogP contribution < -0.4 is 0 Å². The zero-order valence-corrected chi connectivity index (χ0v) is 7.57. The fourth-order valence-electron chi connectivity index (χ4n) is 0.950. The van der Waals surface area contributed by atoms with Gasteiger partial charge in [-0.3, -0.25) is 14.9 Å². The minimum absolute atomic E-state index is 0.0730. The average molecular weight is 186 g/mol. The van der Waals surface area contributed by atoms with Gasteiger partial charge in [0.15, 0.2) is 0 Å². The second-order valence-corrected chi connectivity index (χ2v) is 4.19. The standard InChI is InChI=1S/C7H10N2O2S/c1-12(8)7-5-3-2-4-6(7)9(10)11/h2-5,8H,12H2,1H3. The van der Waals surface area contributed by atoms with Crippen molar-refractivity contribution in [3.05, 3.63) is 34.4 Å². The molecular weight excluding hydrogens is 176 g/mol. The van der Waals surface area contributed by atoms with Gasteiger partial charge in [-0.05, 0) is 12.3 Å². The molecule has 0 amide bonds. The van der Waals surface area contributed by atoms with E-state index in [1.807, 2.05) is 0 Å². The Morgan fingerprint density at radius 1 is 1.50 bits per heavy atom. The smallest absolute Gasteiger partial charge is 0.281 e. The lowest BCUT2D eigenvalue weighted by molar-refractivity contribution is -0.387. The molecule has 4 nitrogen and oxygen atoms in total. The van der Waals surface area contributed by atoms with Crippen LogP contribution in [0.25, 0.3) is 0 Å². The molecule has 0 heterocycles. The number of hydrogen-bond donors (Lipinski definition) is 1. The quantitative estimate of drug-likeness (QED) is 0.560. The summed E-state index contributed by atoms with van der Waals surface area (Å²) in [4.78, 5) is 10.6. The van der Waals surface area contributed by atoms with Crippen LogP contribution in [0.1, 0.15) is 0 Å². The van der Waals surface area contributed by atoms with E-state index in [2.05, 4.69) is 0 Å². The summed E-state index contributed by atoms with van der Waals surface area (Å²) in [7, 11) is -1.48. The fraction of sp³-hybridized carbons (Fsp3) is 0.143. The lowest BCUT2D eigenvalue weighted by Gasteiger charge is -2.01. The van der Waals surface area contributed by atoms with Gasteiger partial charge in [-0.25, -0.2) is 0 Å². The van der Waals surface area contributed by atoms with E-state index in [0.717, 1.165) is 0 Å². The molecule has 12 heavy (non-hydrogen) atoms. The first-order valence-corrected chi connectivity index (χ1v) is 5.42. The van der Waals surface area contributed by atoms with E-state index < -0.39 is 15.6 Å². The monoisotopic (exact) mass is 186 g/mol. The predicted molar refractivity (Wildman–Crippen MR) is 50.2 cm³/mol. The Hall–Kier alpha value is -1.23. The number of para-hydroxylation sites is 1. The summed E-state index contributed by atoms with van der Waals surface area (Å²) in [5.41, 5.74) is 0.0730. The van der Waals surface area contributed by atoms with Gasteiger partial charge in [-0.1, -0.05) is 12.1 Å². The van der Waals surface area contributed by atoms with Crippen molar-refractivity contribution in [3.8, 4) is 0 Å². The topological polar surface area (TPSA) is 67.0 Å². The Morgan fingerprint density at radius 2 is 2.08 bits per heavy atom. The number of hydrogen-bond acceptors (Lipinski definition) is 3. The van der Waals surface area contributed by atoms with Gasteiger partial charge in [0, 0.05) is 6.07 Å². The van der Waals surface area contributed by atoms with Gasteiger partial charge in [-0.15, -0.1) is 0 Å². The van der Waals surface area contributed by atoms with Crippen LogP contribution in [0, 0.1) is 14.9 Å². The lowest BCUT2D eigenvalue weighted by atomic mass is 10.3. The van der Waals surface area contributed by atoms with Crippen LogP contribution in [-0.2, 0) is 10.7 Å². The number of nitro benzene ring substituents is 1. The summed E-state index contributed by atoms with van der Waals surface area (Å²) in [6.07, 6.45) is 1.72. The van der Waals surface area contributed by atoms with Crippen LogP contribution in [-0.4, -0.2) is 11.2 Å². The molecular formula is C7H10N2O2S. The molecule has 0 aromatic heterocycles. The highest BCUT2D eigenvalue weighted by Crippen LogP contribution is 2.20. The Bertz CT molecular complexity index is 305. The molecule has 0 radical (unpaired) electrons. The average Bonchev–Trinajstić information content (AvgIpc) is 2.04. The normalized spacial score (nSPS) is 10.9. The molecule has 1 rings (SSSR count). The van der Waals surface area contributed by atoms with Crippen LogP contribution >= 0.6 is 0 Å². The van der Waals surface area contributed by atoms with E-state index in [0.29, 0.717) is 4.90 Å². The van der Waals surface area contributed by atoms with Gasteiger partial charge in [0.2, 0.25) is 0 Å². The van der Waals surface area contributed by atoms with Crippen molar-refractivity contribution in [2.24, 2.45) is 0 Å². The predicted octanol–water partition coefficient (Wildman–Crippen LogP) is 1.43. The van der Waals surface area contributed by atoms with Crippen molar-refractivity contribution >= 4 is 16.4 Å². The van der Waals surface area contributed by atoms with Crippen LogP contribution in [0.5, 0.6) is 0 Å². The minimum Gasteiger partial charge on any atom is -0.299 e. The summed E-state index contributed by atoms with van der Waals surface area (Å²) < 4.78 is 7.45. The molecule has 0 fully saturated rings. The second kappa shape index (κ2) is 3.44. The highest BCUT2D eigenvalue weighted by Gasteiger charge is 2.10. The Kier molecular flexibility index (Phi) is 2.54. The molecule has 1 aromatic carbocycles. The molecule has 66 valence electrons. The van der Waals surface area contributed by atoms with Crippen molar-refractivity contribution in [1.29, 1.82) is 4.78 Å². The minimum atomic E-state index is -1.48. The first-order chi connectivity index (χ1) is 5.63. The van der Waals surface area contributed by atoms with Crippen molar-refractivity contribution in [1.82, 2.24) is 0 Å². The molecule has 0 aliphatic carbocycles. The summed E-state index contributed by atoms with van der Waals surface area (Å²) >= 11 is 0. The molecule has 0 atom stereocenters. The maximum Gasteiger partial charge on any atom is 0.281 e. The third-order valence-corrected chi connectivity index (χ3v) is 2.74. The molecule has 5 heteroatoms. The first kappa shape index (κ1) is 8.86. The number of nitrogens with zero attached hydrogens (tertiary/aromatic N) is 1. The van der Waals surface area contributed by atoms with Crippen molar-refractivity contribution in [2.75, 3.05) is 6.26 Å². The van der Waals surface area contributed by atoms with Gasteiger partial charge in [0.05, 0.1) is 9.82 Å². The third kappa shape index (κ3) is 1.68. The van der Waals surface area contributed by atoms with Crippen molar-refractivity contribution < 1.29 is 4.92 Å². The van der Waals surface area contributed by atoms with E-state index in [-0.39, 0.29) is 5.69 Å². The molecule has 0 unspecified atom stereocenters. The number of nitro groups is 1. The van der Waals surface area contributed by atoms with Crippen molar-refractivity contribution in [3.63, 3.8) is 0 Å². The summed E-state index contributed by atoms with van der Waals surface area (Å²) in [5.74, 6) is 0. The van der Waals surface area contributed by atoms with E-state index in [9.17, 15) is 10.1 Å². The maximum atomic E-state index is 10.5. The summed E-state index contributed by atoms with van der Waals surface area (Å²) in [6.45, 7) is 0. The van der Waals surface area contributed by atoms with E-state index >= 15 is 0 Å². The first-order valence-electron chi connectivity index (χ1n) is 3.42. The Morgan fingerprint density at radius 3 is 2.50 bits per heavy atom. The Labute approximate surface area is 72.3 Å². The maximum absolute atomic E-state index is 10.5. The third-order valence-electron chi connectivity index (χ3n) is 1.50. The number of benzene rings is 1. The Balaban J connectivity index is 3.27. The van der Waals surface area contributed by atoms with Gasteiger partial charge in [0.1, 0.15) is 0 Å². The number of rotatable bonds is 2. The van der Waals surface area contributed by atoms with E-state index in [4.69, 9.17) is 4.78 Å². The van der Waals surface area contributed by atoms with Crippen LogP contribution in [0.3, 0.4) is 0 Å². The van der Waals surface area contributed by atoms with Gasteiger partial charge in [-0.2, -0.15) is 10.7 Å². The SMILES string of the molecule is C[SH2](=N)c1ccccc1[N+](=O)[O-]. The number of nitrogens with one attached hydrogen (secondary N) is 1. The molecule has 1 N–H and O–H groups in total. The zero-order chi connectivity index (χ0) is 9.14. The van der Waals surface area contributed by atoms with Crippen LogP contribution in [0.15, 0.2) is 29.2 Å². The summed E-state index contributed by atoms with van der Waals surface area (Å²) in [6, 6.07) is 6.44. The molecule has 0 aliphatic heterocycles. The molecule has 0 aliphatic rings. The van der Waals surface area contributed by atoms with Gasteiger partial charge in [0.25, 0.3) is 5.69 Å². The molecule has 0 saturated carbocycles. The zero-order valence-electron chi connectivity index (χ0n) is 6.57. The highest BCUT2D eigenvalue weighted by atomic mass is 32.2. The van der Waals surface area contributed by atoms with Crippen LogP contribution in [0.4, 0.5) is 5.69 Å². The molecule has 1 aromatic rings. The van der Waals surface area contributed by atoms with Crippen molar-refractivity contribution in [2.45, 2.75) is 4.90 Å². The van der Waals surface area contributed by atoms with E-state index in [1.165, 1.54) is 6.07 Å². The second-order valence-electron chi connectivity index (χ2n) is 2.40. The van der Waals surface area contributed by atoms with Gasteiger partial charge >= 0.3 is 0 Å². The van der Waals surface area contributed by atoms with Gasteiger partial charge < -0.3 is 0 Å². The van der Waals surface area contributed by atoms with E-state index in [1.54, 1.807) is 24.5 Å². The lowest BCUT2D eigenvalue weighted by Crippen LogP contribution is -1.94. The summed E-state index contributed by atoms with van der Waals surface area (Å²) in [5, 5.41) is 10.5. The molecule has 0 saturated heterocycles. The molecule has 0 spiro atoms. The fourth-order valence-corrected chi connectivity index (χ4v) is 1.86.